The lowest BCUT2D eigenvalue weighted by Gasteiger charge is -2.17. The maximum Gasteiger partial charge on any atom is 0.272 e. The third-order valence-electron chi connectivity index (χ3n) is 5.20. The molecule has 8 nitrogen and oxygen atoms in total. The molecule has 2 N–H and O–H groups in total. The summed E-state index contributed by atoms with van der Waals surface area (Å²) in [4.78, 5) is 31.0. The van der Waals surface area contributed by atoms with Crippen molar-refractivity contribution in [3.05, 3.63) is 65.6 Å². The average Bonchev–Trinajstić information content (AvgIpc) is 3.41. The molecular weight excluding hydrogens is 370 g/mol. The number of pyridine rings is 1. The molecule has 0 radical (unpaired) electrons. The zero-order chi connectivity index (χ0) is 20.2. The molecule has 3 heterocycles. The number of nitrogens with zero attached hydrogens (tertiary/aromatic N) is 4. The number of carbonyl (C=O) groups excluding carboxylic acids is 2. The van der Waals surface area contributed by atoms with Gasteiger partial charge in [-0.1, -0.05) is 18.2 Å². The number of fused-ring (bicyclic) bond motifs is 1. The molecule has 0 bridgehead atoms. The van der Waals surface area contributed by atoms with Gasteiger partial charge in [-0.05, 0) is 48.6 Å². The zero-order valence-corrected chi connectivity index (χ0v) is 16.0. The van der Waals surface area contributed by atoms with Crippen LogP contribution < -0.4 is 5.32 Å². The standard InChI is InChI=1S/C21H23N5O3/c27-10-8-22-20(28)17-4-1-3-15(12-17)11-16-7-9-25(13-16)21(29)18-5-2-6-19-23-14-24-26(18)19/h1-6,12,14,16,27H,7-11,13H2,(H,22,28). The van der Waals surface area contributed by atoms with Gasteiger partial charge in [0.15, 0.2) is 5.65 Å². The molecular formula is C21H23N5O3. The summed E-state index contributed by atoms with van der Waals surface area (Å²) in [6, 6.07) is 12.9. The largest absolute Gasteiger partial charge is 0.395 e. The number of aliphatic hydroxyl groups is 1. The number of benzene rings is 1. The van der Waals surface area contributed by atoms with Crippen LogP contribution in [-0.2, 0) is 6.42 Å². The Bertz CT molecular complexity index is 1030. The summed E-state index contributed by atoms with van der Waals surface area (Å²) < 4.78 is 1.57. The molecule has 1 aliphatic rings. The Hall–Kier alpha value is -3.26. The molecule has 1 aliphatic heterocycles. The number of likely N-dealkylation sites (tertiary alicyclic amines) is 1. The van der Waals surface area contributed by atoms with Crippen LogP contribution in [-0.4, -0.2) is 62.7 Å². The second-order valence-electron chi connectivity index (χ2n) is 7.23. The number of hydrogen-bond donors (Lipinski definition) is 2. The van der Waals surface area contributed by atoms with Crippen molar-refractivity contribution in [3.8, 4) is 0 Å². The molecule has 1 atom stereocenters. The normalized spacial score (nSPS) is 16.3. The van der Waals surface area contributed by atoms with E-state index in [-0.39, 0.29) is 25.0 Å². The molecule has 1 aromatic carbocycles. The van der Waals surface area contributed by atoms with E-state index in [0.717, 1.165) is 18.4 Å². The van der Waals surface area contributed by atoms with Crippen LogP contribution in [0, 0.1) is 5.92 Å². The molecule has 0 aliphatic carbocycles. The molecule has 1 unspecified atom stereocenters. The van der Waals surface area contributed by atoms with Crippen molar-refractivity contribution < 1.29 is 14.7 Å². The maximum absolute atomic E-state index is 13.0. The first-order valence-corrected chi connectivity index (χ1v) is 9.71. The first-order valence-electron chi connectivity index (χ1n) is 9.71. The second kappa shape index (κ2) is 8.40. The van der Waals surface area contributed by atoms with Crippen LogP contribution in [0.15, 0.2) is 48.8 Å². The molecule has 1 saturated heterocycles. The van der Waals surface area contributed by atoms with Crippen LogP contribution in [0.2, 0.25) is 0 Å². The average molecular weight is 393 g/mol. The third-order valence-corrected chi connectivity index (χ3v) is 5.20. The van der Waals surface area contributed by atoms with Crippen molar-refractivity contribution >= 4 is 17.5 Å². The van der Waals surface area contributed by atoms with Crippen LogP contribution in [0.25, 0.3) is 5.65 Å². The fourth-order valence-electron chi connectivity index (χ4n) is 3.80. The number of carbonyl (C=O) groups is 2. The van der Waals surface area contributed by atoms with E-state index < -0.39 is 0 Å². The minimum Gasteiger partial charge on any atom is -0.395 e. The highest BCUT2D eigenvalue weighted by atomic mass is 16.3. The Morgan fingerprint density at radius 3 is 2.93 bits per heavy atom. The summed E-state index contributed by atoms with van der Waals surface area (Å²) in [6.07, 6.45) is 3.17. The van der Waals surface area contributed by atoms with Gasteiger partial charge in [0.25, 0.3) is 11.8 Å². The predicted octanol–water partition coefficient (Wildman–Crippen LogP) is 1.16. The Morgan fingerprint density at radius 2 is 2.07 bits per heavy atom. The van der Waals surface area contributed by atoms with Gasteiger partial charge >= 0.3 is 0 Å². The predicted molar refractivity (Wildman–Crippen MR) is 107 cm³/mol. The number of aliphatic hydroxyl groups excluding tert-OH is 1. The lowest BCUT2D eigenvalue weighted by molar-refractivity contribution is 0.0778. The highest BCUT2D eigenvalue weighted by Crippen LogP contribution is 2.23. The molecule has 29 heavy (non-hydrogen) atoms. The minimum absolute atomic E-state index is 0.0410. The maximum atomic E-state index is 13.0. The monoisotopic (exact) mass is 393 g/mol. The van der Waals surface area contributed by atoms with Crippen LogP contribution in [0.1, 0.15) is 32.8 Å². The van der Waals surface area contributed by atoms with Gasteiger partial charge in [-0.15, -0.1) is 0 Å². The Kier molecular flexibility index (Phi) is 5.53. The summed E-state index contributed by atoms with van der Waals surface area (Å²) >= 11 is 0. The fourth-order valence-corrected chi connectivity index (χ4v) is 3.80. The van der Waals surface area contributed by atoms with E-state index in [9.17, 15) is 9.59 Å². The van der Waals surface area contributed by atoms with Crippen LogP contribution >= 0.6 is 0 Å². The molecule has 3 aromatic rings. The van der Waals surface area contributed by atoms with Gasteiger partial charge in [0.1, 0.15) is 12.0 Å². The van der Waals surface area contributed by atoms with Gasteiger partial charge in [-0.2, -0.15) is 5.10 Å². The number of nitrogens with one attached hydrogen (secondary N) is 1. The summed E-state index contributed by atoms with van der Waals surface area (Å²) in [7, 11) is 0. The molecule has 0 saturated carbocycles. The van der Waals surface area contributed by atoms with Gasteiger partial charge < -0.3 is 15.3 Å². The van der Waals surface area contributed by atoms with Crippen molar-refractivity contribution in [2.24, 2.45) is 5.92 Å². The van der Waals surface area contributed by atoms with Crippen LogP contribution in [0.3, 0.4) is 0 Å². The summed E-state index contributed by atoms with van der Waals surface area (Å²) in [5.74, 6) is 0.107. The lowest BCUT2D eigenvalue weighted by atomic mass is 9.97. The summed E-state index contributed by atoms with van der Waals surface area (Å²) in [6.45, 7) is 1.52. The van der Waals surface area contributed by atoms with E-state index in [1.165, 1.54) is 6.33 Å². The van der Waals surface area contributed by atoms with Gasteiger partial charge in [0.2, 0.25) is 0 Å². The van der Waals surface area contributed by atoms with E-state index in [4.69, 9.17) is 5.11 Å². The third kappa shape index (κ3) is 4.12. The van der Waals surface area contributed by atoms with Gasteiger partial charge in [-0.3, -0.25) is 9.59 Å². The van der Waals surface area contributed by atoms with Crippen LogP contribution in [0.5, 0.6) is 0 Å². The van der Waals surface area contributed by atoms with Gasteiger partial charge in [-0.25, -0.2) is 9.50 Å². The van der Waals surface area contributed by atoms with Crippen molar-refractivity contribution in [1.29, 1.82) is 0 Å². The van der Waals surface area contributed by atoms with E-state index in [2.05, 4.69) is 15.4 Å². The molecule has 4 rings (SSSR count). The lowest BCUT2D eigenvalue weighted by Crippen LogP contribution is -2.30. The summed E-state index contributed by atoms with van der Waals surface area (Å²) in [5, 5.41) is 15.7. The highest BCUT2D eigenvalue weighted by Gasteiger charge is 2.28. The van der Waals surface area contributed by atoms with E-state index >= 15 is 0 Å². The zero-order valence-electron chi connectivity index (χ0n) is 16.0. The first kappa shape index (κ1) is 19.1. The fraction of sp³-hybridized carbons (Fsp3) is 0.333. The first-order chi connectivity index (χ1) is 14.2. The van der Waals surface area contributed by atoms with E-state index in [0.29, 0.717) is 35.9 Å². The van der Waals surface area contributed by atoms with E-state index in [1.807, 2.05) is 35.2 Å². The smallest absolute Gasteiger partial charge is 0.272 e. The number of amides is 2. The topological polar surface area (TPSA) is 99.8 Å². The Morgan fingerprint density at radius 1 is 1.21 bits per heavy atom. The molecule has 2 aromatic heterocycles. The quantitative estimate of drug-likeness (QED) is 0.655. The van der Waals surface area contributed by atoms with Crippen LogP contribution in [0.4, 0.5) is 0 Å². The van der Waals surface area contributed by atoms with Crippen molar-refractivity contribution in [2.75, 3.05) is 26.2 Å². The molecule has 150 valence electrons. The van der Waals surface area contributed by atoms with Crippen molar-refractivity contribution in [3.63, 3.8) is 0 Å². The molecule has 1 fully saturated rings. The molecule has 0 spiro atoms. The number of aromatic nitrogens is 3. The molecule has 8 heteroatoms. The van der Waals surface area contributed by atoms with E-state index in [1.54, 1.807) is 16.6 Å². The minimum atomic E-state index is -0.190. The van der Waals surface area contributed by atoms with Gasteiger partial charge in [0.05, 0.1) is 6.61 Å². The van der Waals surface area contributed by atoms with Crippen molar-refractivity contribution in [1.82, 2.24) is 24.8 Å². The number of hydrogen-bond acceptors (Lipinski definition) is 5. The highest BCUT2D eigenvalue weighted by molar-refractivity contribution is 5.94. The SMILES string of the molecule is O=C(NCCO)c1cccc(CC2CCN(C(=O)c3cccc4ncnn34)C2)c1. The summed E-state index contributed by atoms with van der Waals surface area (Å²) in [5.41, 5.74) is 2.82. The Balaban J connectivity index is 1.41. The second-order valence-corrected chi connectivity index (χ2v) is 7.23. The van der Waals surface area contributed by atoms with Crippen molar-refractivity contribution in [2.45, 2.75) is 12.8 Å². The molecule has 2 amide bonds. The Labute approximate surface area is 168 Å². The number of rotatable bonds is 6. The van der Waals surface area contributed by atoms with Gasteiger partial charge in [0, 0.05) is 25.2 Å².